The van der Waals surface area contributed by atoms with Crippen molar-refractivity contribution in [3.8, 4) is 0 Å². The number of benzene rings is 1. The second-order valence-corrected chi connectivity index (χ2v) is 4.26. The van der Waals surface area contributed by atoms with E-state index in [-0.39, 0.29) is 11.6 Å². The Hall–Kier alpha value is -1.52. The van der Waals surface area contributed by atoms with Crippen LogP contribution in [0.2, 0.25) is 0 Å². The first kappa shape index (κ1) is 12.0. The van der Waals surface area contributed by atoms with Crippen LogP contribution in [0.4, 0.5) is 13.2 Å². The van der Waals surface area contributed by atoms with E-state index in [1.165, 1.54) is 13.0 Å². The molecule has 0 bridgehead atoms. The van der Waals surface area contributed by atoms with E-state index in [4.69, 9.17) is 5.21 Å². The molecule has 92 valence electrons. The third-order valence-corrected chi connectivity index (χ3v) is 2.94. The topological polar surface area (TPSA) is 32.6 Å². The van der Waals surface area contributed by atoms with Gasteiger partial charge in [-0.25, -0.2) is 0 Å². The van der Waals surface area contributed by atoms with Crippen molar-refractivity contribution in [2.24, 2.45) is 5.16 Å². The highest BCUT2D eigenvalue weighted by molar-refractivity contribution is 5.98. The Morgan fingerprint density at radius 3 is 2.47 bits per heavy atom. The van der Waals surface area contributed by atoms with Gasteiger partial charge in [0.2, 0.25) is 0 Å². The molecule has 1 saturated carbocycles. The molecule has 0 spiro atoms. The Labute approximate surface area is 96.8 Å². The van der Waals surface area contributed by atoms with Crippen LogP contribution in [0.3, 0.4) is 0 Å². The fourth-order valence-electron chi connectivity index (χ4n) is 1.83. The fourth-order valence-corrected chi connectivity index (χ4v) is 1.83. The van der Waals surface area contributed by atoms with Crippen molar-refractivity contribution in [1.82, 2.24) is 0 Å². The summed E-state index contributed by atoms with van der Waals surface area (Å²) in [5.74, 6) is 0.0343. The van der Waals surface area contributed by atoms with Gasteiger partial charge in [-0.2, -0.15) is 13.2 Å². The lowest BCUT2D eigenvalue weighted by Crippen LogP contribution is -2.10. The lowest BCUT2D eigenvalue weighted by Gasteiger charge is -2.13. The largest absolute Gasteiger partial charge is 0.416 e. The number of hydrogen-bond donors (Lipinski definition) is 1. The van der Waals surface area contributed by atoms with Crippen LogP contribution in [0.15, 0.2) is 23.4 Å². The zero-order valence-corrected chi connectivity index (χ0v) is 9.25. The van der Waals surface area contributed by atoms with Gasteiger partial charge in [0.15, 0.2) is 0 Å². The molecule has 17 heavy (non-hydrogen) atoms. The average molecular weight is 243 g/mol. The molecule has 1 aromatic carbocycles. The molecule has 2 rings (SSSR count). The smallest absolute Gasteiger partial charge is 0.411 e. The molecule has 5 heteroatoms. The third kappa shape index (κ3) is 2.43. The fraction of sp³-hybridized carbons (Fsp3) is 0.417. The molecule has 1 fully saturated rings. The van der Waals surface area contributed by atoms with Crippen LogP contribution in [-0.4, -0.2) is 10.9 Å². The maximum Gasteiger partial charge on any atom is 0.416 e. The normalized spacial score (nSPS) is 17.3. The van der Waals surface area contributed by atoms with Gasteiger partial charge in [-0.3, -0.25) is 0 Å². The van der Waals surface area contributed by atoms with E-state index in [1.54, 1.807) is 6.07 Å². The molecule has 0 atom stereocenters. The molecule has 0 heterocycles. The maximum atomic E-state index is 12.9. The van der Waals surface area contributed by atoms with Crippen molar-refractivity contribution < 1.29 is 18.4 Å². The Bertz CT molecular complexity index is 461. The summed E-state index contributed by atoms with van der Waals surface area (Å²) in [6, 6.07) is 4.12. The quantitative estimate of drug-likeness (QED) is 0.478. The van der Waals surface area contributed by atoms with E-state index in [0.717, 1.165) is 18.9 Å². The third-order valence-electron chi connectivity index (χ3n) is 2.94. The van der Waals surface area contributed by atoms with Crippen molar-refractivity contribution in [3.63, 3.8) is 0 Å². The highest BCUT2D eigenvalue weighted by Gasteiger charge is 2.38. The van der Waals surface area contributed by atoms with Crippen LogP contribution in [0.25, 0.3) is 0 Å². The standard InChI is InChI=1S/C12H12F3NO/c1-7(16-17)9-4-5-10(8-2-3-8)11(6-9)12(13,14)15/h4-6,8,17H,2-3H2,1H3/b16-7+. The molecular formula is C12H12F3NO. The van der Waals surface area contributed by atoms with Gasteiger partial charge in [-0.1, -0.05) is 17.3 Å². The molecule has 1 N–H and O–H groups in total. The summed E-state index contributed by atoms with van der Waals surface area (Å²) in [5.41, 5.74) is 0.217. The van der Waals surface area contributed by atoms with Crippen molar-refractivity contribution in [2.75, 3.05) is 0 Å². The summed E-state index contributed by atoms with van der Waals surface area (Å²) in [5, 5.41) is 11.5. The van der Waals surface area contributed by atoms with Gasteiger partial charge >= 0.3 is 6.18 Å². The zero-order chi connectivity index (χ0) is 12.6. The first-order chi connectivity index (χ1) is 7.93. The molecular weight excluding hydrogens is 231 g/mol. The minimum Gasteiger partial charge on any atom is -0.411 e. The highest BCUT2D eigenvalue weighted by atomic mass is 19.4. The first-order valence-corrected chi connectivity index (χ1v) is 5.33. The first-order valence-electron chi connectivity index (χ1n) is 5.33. The van der Waals surface area contributed by atoms with E-state index in [9.17, 15) is 13.2 Å². The number of alkyl halides is 3. The van der Waals surface area contributed by atoms with Crippen molar-refractivity contribution in [1.29, 1.82) is 0 Å². The number of rotatable bonds is 2. The van der Waals surface area contributed by atoms with Crippen LogP contribution < -0.4 is 0 Å². The van der Waals surface area contributed by atoms with Crippen molar-refractivity contribution in [2.45, 2.75) is 31.9 Å². The predicted octanol–water partition coefficient (Wildman–Crippen LogP) is 3.78. The Morgan fingerprint density at radius 1 is 1.35 bits per heavy atom. The van der Waals surface area contributed by atoms with Crippen LogP contribution in [0, 0.1) is 0 Å². The van der Waals surface area contributed by atoms with Gasteiger partial charge in [0.05, 0.1) is 11.3 Å². The van der Waals surface area contributed by atoms with Crippen molar-refractivity contribution in [3.05, 3.63) is 34.9 Å². The van der Waals surface area contributed by atoms with E-state index in [0.29, 0.717) is 11.1 Å². The Kier molecular flexibility index (Phi) is 2.85. The van der Waals surface area contributed by atoms with Gasteiger partial charge in [0.1, 0.15) is 0 Å². The molecule has 0 unspecified atom stereocenters. The number of halogens is 3. The molecule has 0 radical (unpaired) electrons. The molecule has 0 aromatic heterocycles. The lowest BCUT2D eigenvalue weighted by molar-refractivity contribution is -0.138. The Morgan fingerprint density at radius 2 is 2.00 bits per heavy atom. The number of nitrogens with zero attached hydrogens (tertiary/aromatic N) is 1. The summed E-state index contributed by atoms with van der Waals surface area (Å²) < 4.78 is 38.6. The van der Waals surface area contributed by atoms with E-state index in [1.807, 2.05) is 0 Å². The molecule has 1 aliphatic carbocycles. The summed E-state index contributed by atoms with van der Waals surface area (Å²) in [6.45, 7) is 1.46. The minimum absolute atomic E-state index is 0.0343. The van der Waals surface area contributed by atoms with E-state index in [2.05, 4.69) is 5.16 Å². The van der Waals surface area contributed by atoms with Gasteiger partial charge in [0.25, 0.3) is 0 Å². The summed E-state index contributed by atoms with van der Waals surface area (Å²) >= 11 is 0. The summed E-state index contributed by atoms with van der Waals surface area (Å²) in [7, 11) is 0. The van der Waals surface area contributed by atoms with Gasteiger partial charge in [-0.05, 0) is 42.9 Å². The highest BCUT2D eigenvalue weighted by Crippen LogP contribution is 2.46. The zero-order valence-electron chi connectivity index (χ0n) is 9.25. The van der Waals surface area contributed by atoms with E-state index >= 15 is 0 Å². The van der Waals surface area contributed by atoms with Crippen LogP contribution in [0.1, 0.15) is 42.4 Å². The molecule has 2 nitrogen and oxygen atoms in total. The molecule has 1 aromatic rings. The van der Waals surface area contributed by atoms with Crippen LogP contribution in [-0.2, 0) is 6.18 Å². The average Bonchev–Trinajstić information content (AvgIpc) is 3.10. The molecule has 0 saturated heterocycles. The van der Waals surface area contributed by atoms with E-state index < -0.39 is 11.7 Å². The predicted molar refractivity (Wildman–Crippen MR) is 57.4 cm³/mol. The van der Waals surface area contributed by atoms with Gasteiger partial charge in [-0.15, -0.1) is 0 Å². The number of hydrogen-bond acceptors (Lipinski definition) is 2. The second-order valence-electron chi connectivity index (χ2n) is 4.26. The molecule has 1 aliphatic rings. The maximum absolute atomic E-state index is 12.9. The SMILES string of the molecule is C/C(=N\O)c1ccc(C2CC2)c(C(F)(F)F)c1. The Balaban J connectivity index is 2.50. The second kappa shape index (κ2) is 4.05. The summed E-state index contributed by atoms with van der Waals surface area (Å²) in [6.07, 6.45) is -2.73. The number of oxime groups is 1. The van der Waals surface area contributed by atoms with Crippen LogP contribution >= 0.6 is 0 Å². The monoisotopic (exact) mass is 243 g/mol. The summed E-state index contributed by atoms with van der Waals surface area (Å²) in [4.78, 5) is 0. The molecule has 0 aliphatic heterocycles. The minimum atomic E-state index is -4.36. The van der Waals surface area contributed by atoms with Gasteiger partial charge < -0.3 is 5.21 Å². The van der Waals surface area contributed by atoms with Gasteiger partial charge in [0, 0.05) is 0 Å². The molecule has 0 amide bonds. The lowest BCUT2D eigenvalue weighted by atomic mass is 9.98. The van der Waals surface area contributed by atoms with Crippen LogP contribution in [0.5, 0.6) is 0 Å². The van der Waals surface area contributed by atoms with Crippen molar-refractivity contribution >= 4 is 5.71 Å².